The van der Waals surface area contributed by atoms with Crippen LogP contribution in [0.1, 0.15) is 51.0 Å². The quantitative estimate of drug-likeness (QED) is 0.240. The number of hydrogen-bond acceptors (Lipinski definition) is 4. The van der Waals surface area contributed by atoms with E-state index in [2.05, 4.69) is 5.32 Å². The van der Waals surface area contributed by atoms with Crippen LogP contribution in [-0.4, -0.2) is 43.8 Å². The molecule has 0 heterocycles. The Morgan fingerprint density at radius 1 is 0.905 bits per heavy atom. The molecule has 0 radical (unpaired) electrons. The van der Waals surface area contributed by atoms with E-state index in [1.807, 2.05) is 6.92 Å². The molecule has 3 aromatic carbocycles. The number of nitrogens with zero attached hydrogens (tertiary/aromatic N) is 2. The summed E-state index contributed by atoms with van der Waals surface area (Å²) in [6.07, 6.45) is 5.37. The molecule has 224 valence electrons. The number of anilines is 1. The molecule has 1 atom stereocenters. The van der Waals surface area contributed by atoms with Crippen molar-refractivity contribution in [3.63, 3.8) is 0 Å². The van der Waals surface area contributed by atoms with E-state index in [0.717, 1.165) is 42.0 Å². The molecular formula is C31H34Cl3N3O4S. The van der Waals surface area contributed by atoms with Crippen LogP contribution in [0.25, 0.3) is 0 Å². The maximum absolute atomic E-state index is 14.2. The molecule has 3 aromatic rings. The van der Waals surface area contributed by atoms with E-state index < -0.39 is 28.5 Å². The van der Waals surface area contributed by atoms with E-state index in [9.17, 15) is 18.0 Å². The second kappa shape index (κ2) is 14.6. The lowest BCUT2D eigenvalue weighted by Gasteiger charge is -2.34. The van der Waals surface area contributed by atoms with Crippen molar-refractivity contribution in [2.75, 3.05) is 10.8 Å². The van der Waals surface area contributed by atoms with Gasteiger partial charge in [0, 0.05) is 17.6 Å². The van der Waals surface area contributed by atoms with Crippen molar-refractivity contribution >= 4 is 62.3 Å². The smallest absolute Gasteiger partial charge is 0.264 e. The van der Waals surface area contributed by atoms with Crippen LogP contribution in [0.3, 0.4) is 0 Å². The number of sulfonamides is 1. The zero-order chi connectivity index (χ0) is 30.3. The van der Waals surface area contributed by atoms with Gasteiger partial charge in [-0.2, -0.15) is 0 Å². The van der Waals surface area contributed by atoms with Gasteiger partial charge in [-0.3, -0.25) is 13.9 Å². The average Bonchev–Trinajstić information content (AvgIpc) is 2.99. The summed E-state index contributed by atoms with van der Waals surface area (Å²) < 4.78 is 28.8. The van der Waals surface area contributed by atoms with E-state index in [1.54, 1.807) is 42.5 Å². The van der Waals surface area contributed by atoms with Gasteiger partial charge in [0.2, 0.25) is 11.8 Å². The fourth-order valence-electron chi connectivity index (χ4n) is 5.14. The Morgan fingerprint density at radius 2 is 1.57 bits per heavy atom. The average molecular weight is 651 g/mol. The molecule has 1 unspecified atom stereocenters. The predicted octanol–water partition coefficient (Wildman–Crippen LogP) is 7.10. The molecule has 2 amide bonds. The summed E-state index contributed by atoms with van der Waals surface area (Å²) in [5, 5.41) is 4.07. The van der Waals surface area contributed by atoms with Gasteiger partial charge in [-0.1, -0.05) is 91.3 Å². The summed E-state index contributed by atoms with van der Waals surface area (Å²) in [4.78, 5) is 29.2. The molecule has 42 heavy (non-hydrogen) atoms. The molecule has 0 spiro atoms. The second-order valence-corrected chi connectivity index (χ2v) is 13.5. The molecule has 0 aliphatic heterocycles. The standard InChI is InChI=1S/C31H34Cl3N3O4S/c1-2-29(31(39)35-24-9-5-3-6-10-24)36(20-22-13-15-23(32)16-14-22)30(38)21-37(25-17-18-27(33)28(34)19-25)42(40,41)26-11-7-4-8-12-26/h4,7-8,11-19,24,29H,2-3,5-6,9-10,20-21H2,1H3,(H,35,39). The molecule has 4 rings (SSSR count). The molecular weight excluding hydrogens is 617 g/mol. The van der Waals surface area contributed by atoms with Crippen LogP contribution >= 0.6 is 34.8 Å². The van der Waals surface area contributed by atoms with Crippen LogP contribution < -0.4 is 9.62 Å². The van der Waals surface area contributed by atoms with Gasteiger partial charge in [0.25, 0.3) is 10.0 Å². The highest BCUT2D eigenvalue weighted by Crippen LogP contribution is 2.31. The van der Waals surface area contributed by atoms with E-state index in [-0.39, 0.29) is 39.1 Å². The number of amides is 2. The number of rotatable bonds is 11. The number of carbonyl (C=O) groups is 2. The monoisotopic (exact) mass is 649 g/mol. The number of halogens is 3. The molecule has 1 aliphatic rings. The van der Waals surface area contributed by atoms with Crippen molar-refractivity contribution in [3.05, 3.63) is 93.4 Å². The third kappa shape index (κ3) is 7.98. The van der Waals surface area contributed by atoms with Gasteiger partial charge < -0.3 is 10.2 Å². The summed E-state index contributed by atoms with van der Waals surface area (Å²) in [7, 11) is -4.20. The Balaban J connectivity index is 1.71. The van der Waals surface area contributed by atoms with Gasteiger partial charge in [-0.25, -0.2) is 8.42 Å². The fourth-order valence-corrected chi connectivity index (χ4v) is 6.98. The van der Waals surface area contributed by atoms with Crippen LogP contribution in [-0.2, 0) is 26.2 Å². The van der Waals surface area contributed by atoms with Gasteiger partial charge in [-0.15, -0.1) is 0 Å². The molecule has 0 saturated heterocycles. The lowest BCUT2D eigenvalue weighted by atomic mass is 9.95. The summed E-state index contributed by atoms with van der Waals surface area (Å²) in [5.41, 5.74) is 0.927. The molecule has 1 fully saturated rings. The van der Waals surface area contributed by atoms with Gasteiger partial charge >= 0.3 is 0 Å². The minimum Gasteiger partial charge on any atom is -0.352 e. The second-order valence-electron chi connectivity index (χ2n) is 10.3. The van der Waals surface area contributed by atoms with E-state index in [1.165, 1.54) is 35.2 Å². The number of benzene rings is 3. The fraction of sp³-hybridized carbons (Fsp3) is 0.355. The maximum atomic E-state index is 14.2. The van der Waals surface area contributed by atoms with Crippen molar-refractivity contribution in [2.24, 2.45) is 0 Å². The minimum atomic E-state index is -4.20. The van der Waals surface area contributed by atoms with Gasteiger partial charge in [0.15, 0.2) is 0 Å². The number of nitrogens with one attached hydrogen (secondary N) is 1. The van der Waals surface area contributed by atoms with E-state index in [4.69, 9.17) is 34.8 Å². The molecule has 1 N–H and O–H groups in total. The molecule has 7 nitrogen and oxygen atoms in total. The number of hydrogen-bond donors (Lipinski definition) is 1. The van der Waals surface area contributed by atoms with Crippen LogP contribution in [0.4, 0.5) is 5.69 Å². The Labute approximate surface area is 262 Å². The van der Waals surface area contributed by atoms with Crippen LogP contribution in [0.15, 0.2) is 77.7 Å². The van der Waals surface area contributed by atoms with Gasteiger partial charge in [0.05, 0.1) is 20.6 Å². The van der Waals surface area contributed by atoms with Crippen molar-refractivity contribution in [1.29, 1.82) is 0 Å². The van der Waals surface area contributed by atoms with Crippen molar-refractivity contribution in [3.8, 4) is 0 Å². The Hall–Kier alpha value is -2.78. The SMILES string of the molecule is CCC(C(=O)NC1CCCCC1)N(Cc1ccc(Cl)cc1)C(=O)CN(c1ccc(Cl)c(Cl)c1)S(=O)(=O)c1ccccc1. The zero-order valence-corrected chi connectivity index (χ0v) is 26.4. The van der Waals surface area contributed by atoms with Crippen molar-refractivity contribution in [2.45, 2.75) is 69.0 Å². The third-order valence-electron chi connectivity index (χ3n) is 7.40. The first-order valence-corrected chi connectivity index (χ1v) is 16.5. The Bertz CT molecular complexity index is 1480. The predicted molar refractivity (Wildman–Crippen MR) is 169 cm³/mol. The molecule has 1 aliphatic carbocycles. The van der Waals surface area contributed by atoms with Crippen molar-refractivity contribution < 1.29 is 18.0 Å². The summed E-state index contributed by atoms with van der Waals surface area (Å²) >= 11 is 18.5. The molecule has 0 aromatic heterocycles. The lowest BCUT2D eigenvalue weighted by molar-refractivity contribution is -0.140. The minimum absolute atomic E-state index is 0.00945. The maximum Gasteiger partial charge on any atom is 0.264 e. The highest BCUT2D eigenvalue weighted by atomic mass is 35.5. The van der Waals surface area contributed by atoms with Gasteiger partial charge in [0.1, 0.15) is 12.6 Å². The first-order chi connectivity index (χ1) is 20.1. The highest BCUT2D eigenvalue weighted by molar-refractivity contribution is 7.92. The van der Waals surface area contributed by atoms with E-state index >= 15 is 0 Å². The Kier molecular flexibility index (Phi) is 11.2. The number of carbonyl (C=O) groups excluding carboxylic acids is 2. The summed E-state index contributed by atoms with van der Waals surface area (Å²) in [6, 6.07) is 18.5. The van der Waals surface area contributed by atoms with Crippen LogP contribution in [0.2, 0.25) is 15.1 Å². The first-order valence-electron chi connectivity index (χ1n) is 14.0. The third-order valence-corrected chi connectivity index (χ3v) is 10.2. The molecule has 11 heteroatoms. The first kappa shape index (κ1) is 32.1. The lowest BCUT2D eigenvalue weighted by Crippen LogP contribution is -2.54. The molecule has 1 saturated carbocycles. The highest BCUT2D eigenvalue weighted by Gasteiger charge is 2.34. The zero-order valence-electron chi connectivity index (χ0n) is 23.3. The topological polar surface area (TPSA) is 86.8 Å². The van der Waals surface area contributed by atoms with E-state index in [0.29, 0.717) is 11.4 Å². The largest absolute Gasteiger partial charge is 0.352 e. The molecule has 0 bridgehead atoms. The summed E-state index contributed by atoms with van der Waals surface area (Å²) in [5.74, 6) is -0.792. The Morgan fingerprint density at radius 3 is 2.19 bits per heavy atom. The van der Waals surface area contributed by atoms with Crippen LogP contribution in [0, 0.1) is 0 Å². The van der Waals surface area contributed by atoms with Crippen LogP contribution in [0.5, 0.6) is 0 Å². The van der Waals surface area contributed by atoms with Crippen molar-refractivity contribution in [1.82, 2.24) is 10.2 Å². The van der Waals surface area contributed by atoms with Gasteiger partial charge in [-0.05, 0) is 67.3 Å². The summed E-state index contributed by atoms with van der Waals surface area (Å²) in [6.45, 7) is 1.37. The normalized spacial score (nSPS) is 14.7.